The molecule has 0 bridgehead atoms. The molecular formula is C16H11ClN2O3S. The molecule has 5 nitrogen and oxygen atoms in total. The van der Waals surface area contributed by atoms with Gasteiger partial charge >= 0.3 is 5.97 Å². The molecule has 0 aliphatic heterocycles. The van der Waals surface area contributed by atoms with E-state index in [1.807, 2.05) is 19.1 Å². The minimum atomic E-state index is -1.08. The molecule has 0 saturated carbocycles. The number of nitrogens with zero attached hydrogens (tertiary/aromatic N) is 1. The number of carbonyl (C=O) groups is 1. The molecule has 0 atom stereocenters. The van der Waals surface area contributed by atoms with Gasteiger partial charge in [-0.3, -0.25) is 4.79 Å². The van der Waals surface area contributed by atoms with Crippen molar-refractivity contribution in [1.29, 1.82) is 0 Å². The second-order valence-electron chi connectivity index (χ2n) is 4.89. The van der Waals surface area contributed by atoms with Gasteiger partial charge in [-0.1, -0.05) is 11.6 Å². The van der Waals surface area contributed by atoms with Gasteiger partial charge in [0.15, 0.2) is 5.82 Å². The molecule has 0 fully saturated rings. The van der Waals surface area contributed by atoms with Crippen LogP contribution in [0.25, 0.3) is 22.0 Å². The zero-order valence-electron chi connectivity index (χ0n) is 12.0. The number of thiophene rings is 1. The van der Waals surface area contributed by atoms with E-state index in [9.17, 15) is 9.59 Å². The highest BCUT2D eigenvalue weighted by Crippen LogP contribution is 2.24. The van der Waals surface area contributed by atoms with E-state index < -0.39 is 5.97 Å². The van der Waals surface area contributed by atoms with Crippen molar-refractivity contribution in [1.82, 2.24) is 9.97 Å². The summed E-state index contributed by atoms with van der Waals surface area (Å²) in [4.78, 5) is 32.1. The molecule has 116 valence electrons. The van der Waals surface area contributed by atoms with Crippen LogP contribution in [0.5, 0.6) is 0 Å². The molecule has 0 aliphatic rings. The molecule has 0 saturated heterocycles. The summed E-state index contributed by atoms with van der Waals surface area (Å²) in [5, 5.41) is 9.64. The number of aromatic carboxylic acids is 1. The molecule has 0 aliphatic carbocycles. The average molecular weight is 347 g/mol. The molecule has 0 amide bonds. The molecule has 2 N–H and O–H groups in total. The highest BCUT2D eigenvalue weighted by molar-refractivity contribution is 7.12. The largest absolute Gasteiger partial charge is 0.478 e. The van der Waals surface area contributed by atoms with Crippen LogP contribution in [0.4, 0.5) is 0 Å². The number of carboxylic acid groups (broad SMARTS) is 1. The van der Waals surface area contributed by atoms with Crippen molar-refractivity contribution in [3.63, 3.8) is 0 Å². The lowest BCUT2D eigenvalue weighted by Crippen LogP contribution is -2.11. The summed E-state index contributed by atoms with van der Waals surface area (Å²) in [5.74, 6) is -0.871. The molecular weight excluding hydrogens is 336 g/mol. The fraction of sp³-hybridized carbons (Fsp3) is 0.0625. The van der Waals surface area contributed by atoms with E-state index in [1.54, 1.807) is 17.4 Å². The number of hydrogen-bond donors (Lipinski definition) is 2. The predicted molar refractivity (Wildman–Crippen MR) is 92.1 cm³/mol. The standard InChI is InChI=1S/C16H11ClN2O3S/c1-8-2-4-10(23-8)7-12(17)14-18-13-6-9(16(21)22)3-5-11(13)15(20)19-14/h2-7H,1H3,(H,21,22)(H,18,19,20)/b12-7-. The summed E-state index contributed by atoms with van der Waals surface area (Å²) in [6, 6.07) is 8.05. The summed E-state index contributed by atoms with van der Waals surface area (Å²) in [6.07, 6.45) is 1.71. The zero-order valence-corrected chi connectivity index (χ0v) is 13.5. The van der Waals surface area contributed by atoms with Gasteiger partial charge in [-0.05, 0) is 43.3 Å². The number of aromatic nitrogens is 2. The van der Waals surface area contributed by atoms with Crippen LogP contribution >= 0.6 is 22.9 Å². The zero-order chi connectivity index (χ0) is 16.6. The van der Waals surface area contributed by atoms with Crippen molar-refractivity contribution in [2.45, 2.75) is 6.92 Å². The number of aromatic amines is 1. The van der Waals surface area contributed by atoms with Crippen LogP contribution in [0.15, 0.2) is 35.1 Å². The molecule has 0 spiro atoms. The number of nitrogens with one attached hydrogen (secondary N) is 1. The summed E-state index contributed by atoms with van der Waals surface area (Å²) < 4.78 is 0. The molecule has 3 rings (SSSR count). The first-order valence-corrected chi connectivity index (χ1v) is 7.85. The Labute approximate surface area is 139 Å². The molecule has 7 heteroatoms. The van der Waals surface area contributed by atoms with Gasteiger partial charge in [0.2, 0.25) is 0 Å². The van der Waals surface area contributed by atoms with Crippen molar-refractivity contribution in [3.05, 3.63) is 61.8 Å². The SMILES string of the molecule is Cc1ccc(/C=C(\Cl)c2nc3cc(C(=O)O)ccc3c(=O)[nH]2)s1. The van der Waals surface area contributed by atoms with Crippen LogP contribution in [0.3, 0.4) is 0 Å². The van der Waals surface area contributed by atoms with Gasteiger partial charge in [0, 0.05) is 9.75 Å². The Balaban J connectivity index is 2.12. The molecule has 2 aromatic heterocycles. The van der Waals surface area contributed by atoms with Gasteiger partial charge in [-0.2, -0.15) is 0 Å². The summed E-state index contributed by atoms with van der Waals surface area (Å²) in [6.45, 7) is 1.99. The highest BCUT2D eigenvalue weighted by Gasteiger charge is 2.10. The van der Waals surface area contributed by atoms with Crippen molar-refractivity contribution in [3.8, 4) is 0 Å². The number of aryl methyl sites for hydroxylation is 1. The lowest BCUT2D eigenvalue weighted by molar-refractivity contribution is 0.0697. The maximum absolute atomic E-state index is 12.1. The Bertz CT molecular complexity index is 1000. The second-order valence-corrected chi connectivity index (χ2v) is 6.62. The number of hydrogen-bond acceptors (Lipinski definition) is 4. The number of halogens is 1. The second kappa shape index (κ2) is 5.98. The van der Waals surface area contributed by atoms with Crippen LogP contribution in [0, 0.1) is 6.92 Å². The van der Waals surface area contributed by atoms with Gasteiger partial charge in [0.05, 0.1) is 21.5 Å². The van der Waals surface area contributed by atoms with E-state index in [4.69, 9.17) is 16.7 Å². The van der Waals surface area contributed by atoms with Gasteiger partial charge in [-0.25, -0.2) is 9.78 Å². The number of fused-ring (bicyclic) bond motifs is 1. The first-order valence-electron chi connectivity index (χ1n) is 6.65. The predicted octanol–water partition coefficient (Wildman–Crippen LogP) is 3.73. The minimum absolute atomic E-state index is 0.0653. The molecule has 3 aromatic rings. The van der Waals surface area contributed by atoms with Crippen LogP contribution < -0.4 is 5.56 Å². The first-order chi connectivity index (χ1) is 10.9. The van der Waals surface area contributed by atoms with E-state index in [-0.39, 0.29) is 27.5 Å². The Kier molecular flexibility index (Phi) is 4.02. The Morgan fingerprint density at radius 3 is 2.78 bits per heavy atom. The lowest BCUT2D eigenvalue weighted by Gasteiger charge is -2.03. The Morgan fingerprint density at radius 2 is 2.13 bits per heavy atom. The van der Waals surface area contributed by atoms with Crippen molar-refractivity contribution >= 4 is 50.9 Å². The van der Waals surface area contributed by atoms with E-state index >= 15 is 0 Å². The normalized spacial score (nSPS) is 11.8. The van der Waals surface area contributed by atoms with E-state index in [2.05, 4.69) is 9.97 Å². The van der Waals surface area contributed by atoms with Crippen molar-refractivity contribution in [2.75, 3.05) is 0 Å². The monoisotopic (exact) mass is 346 g/mol. The van der Waals surface area contributed by atoms with Crippen molar-refractivity contribution in [2.24, 2.45) is 0 Å². The fourth-order valence-electron chi connectivity index (χ4n) is 2.11. The van der Waals surface area contributed by atoms with Crippen LogP contribution in [0.2, 0.25) is 0 Å². The Morgan fingerprint density at radius 1 is 1.35 bits per heavy atom. The third-order valence-corrected chi connectivity index (χ3v) is 4.45. The van der Waals surface area contributed by atoms with Crippen LogP contribution in [0.1, 0.15) is 25.9 Å². The smallest absolute Gasteiger partial charge is 0.335 e. The van der Waals surface area contributed by atoms with Gasteiger partial charge in [-0.15, -0.1) is 11.3 Å². The van der Waals surface area contributed by atoms with Gasteiger partial charge in [0.1, 0.15) is 0 Å². The summed E-state index contributed by atoms with van der Waals surface area (Å²) >= 11 is 7.81. The van der Waals surface area contributed by atoms with Gasteiger partial charge in [0.25, 0.3) is 5.56 Å². The summed E-state index contributed by atoms with van der Waals surface area (Å²) in [7, 11) is 0. The van der Waals surface area contributed by atoms with E-state index in [0.717, 1.165) is 9.75 Å². The topological polar surface area (TPSA) is 83.0 Å². The molecule has 0 radical (unpaired) electrons. The Hall–Kier alpha value is -2.44. The number of rotatable bonds is 3. The third kappa shape index (κ3) is 3.18. The molecule has 1 aromatic carbocycles. The molecule has 0 unspecified atom stereocenters. The number of H-pyrrole nitrogens is 1. The van der Waals surface area contributed by atoms with Crippen molar-refractivity contribution < 1.29 is 9.90 Å². The quantitative estimate of drug-likeness (QED) is 0.757. The van der Waals surface area contributed by atoms with Crippen LogP contribution in [-0.2, 0) is 0 Å². The van der Waals surface area contributed by atoms with E-state index in [0.29, 0.717) is 5.39 Å². The first kappa shape index (κ1) is 15.5. The number of benzene rings is 1. The number of carboxylic acids is 1. The minimum Gasteiger partial charge on any atom is -0.478 e. The molecule has 2 heterocycles. The van der Waals surface area contributed by atoms with E-state index in [1.165, 1.54) is 18.2 Å². The van der Waals surface area contributed by atoms with Gasteiger partial charge < -0.3 is 10.1 Å². The highest BCUT2D eigenvalue weighted by atomic mass is 35.5. The summed E-state index contributed by atoms with van der Waals surface area (Å²) in [5.41, 5.74) is -0.0102. The van der Waals surface area contributed by atoms with Crippen LogP contribution in [-0.4, -0.2) is 21.0 Å². The maximum Gasteiger partial charge on any atom is 0.335 e. The lowest BCUT2D eigenvalue weighted by atomic mass is 10.1. The maximum atomic E-state index is 12.1. The molecule has 23 heavy (non-hydrogen) atoms. The average Bonchev–Trinajstić information content (AvgIpc) is 2.91. The fourth-order valence-corrected chi connectivity index (χ4v) is 3.20. The third-order valence-electron chi connectivity index (χ3n) is 3.21.